The Morgan fingerprint density at radius 2 is 1.79 bits per heavy atom. The Kier molecular flexibility index (Phi) is 6.31. The molecule has 0 unspecified atom stereocenters. The molecule has 1 heterocycles. The number of amides is 1. The van der Waals surface area contributed by atoms with Crippen molar-refractivity contribution < 1.29 is 17.6 Å². The van der Waals surface area contributed by atoms with Gasteiger partial charge < -0.3 is 9.73 Å². The lowest BCUT2D eigenvalue weighted by atomic mass is 10.1. The largest absolute Gasteiger partial charge is 0.460 e. The molecule has 0 fully saturated rings. The van der Waals surface area contributed by atoms with Gasteiger partial charge in [0.2, 0.25) is 15.9 Å². The van der Waals surface area contributed by atoms with Gasteiger partial charge in [0, 0.05) is 11.8 Å². The Balaban J connectivity index is 1.57. The molecule has 29 heavy (non-hydrogen) atoms. The minimum atomic E-state index is -3.61. The van der Waals surface area contributed by atoms with Crippen molar-refractivity contribution in [2.24, 2.45) is 0 Å². The second kappa shape index (κ2) is 8.89. The van der Waals surface area contributed by atoms with Crippen molar-refractivity contribution in [3.8, 4) is 0 Å². The number of hydrogen-bond acceptors (Lipinski definition) is 4. The summed E-state index contributed by atoms with van der Waals surface area (Å²) in [6, 6.07) is 17.2. The van der Waals surface area contributed by atoms with Crippen LogP contribution in [0.15, 0.2) is 76.1 Å². The predicted octanol–water partition coefficient (Wildman–Crippen LogP) is 4.03. The number of hydrogen-bond donors (Lipinski definition) is 2. The average Bonchev–Trinajstić information content (AvgIpc) is 3.16. The number of carbonyl (C=O) groups excluding carboxylic acids is 1. The van der Waals surface area contributed by atoms with Crippen molar-refractivity contribution in [3.63, 3.8) is 0 Å². The smallest absolute Gasteiger partial charge is 0.248 e. The molecule has 3 aromatic rings. The summed E-state index contributed by atoms with van der Waals surface area (Å²) in [4.78, 5) is 12.3. The second-order valence-electron chi connectivity index (χ2n) is 6.58. The Bertz CT molecular complexity index is 1130. The minimum absolute atomic E-state index is 0.0137. The van der Waals surface area contributed by atoms with Crippen LogP contribution in [0.1, 0.15) is 22.6 Å². The Morgan fingerprint density at radius 3 is 2.52 bits per heavy atom. The highest BCUT2D eigenvalue weighted by atomic mass is 32.2. The maximum absolute atomic E-state index is 12.2. The molecule has 0 saturated carbocycles. The van der Waals surface area contributed by atoms with Crippen LogP contribution in [0.4, 0.5) is 5.69 Å². The molecule has 0 bridgehead atoms. The van der Waals surface area contributed by atoms with Crippen molar-refractivity contribution in [1.29, 1.82) is 0 Å². The molecule has 150 valence electrons. The highest BCUT2D eigenvalue weighted by molar-refractivity contribution is 7.89. The normalized spacial score (nSPS) is 11.7. The number of rotatable bonds is 7. The maximum atomic E-state index is 12.2. The zero-order valence-corrected chi connectivity index (χ0v) is 17.0. The first-order valence-electron chi connectivity index (χ1n) is 9.03. The number of carbonyl (C=O) groups is 1. The summed E-state index contributed by atoms with van der Waals surface area (Å²) in [6.45, 7) is 3.94. The van der Waals surface area contributed by atoms with Crippen molar-refractivity contribution in [1.82, 2.24) is 4.72 Å². The van der Waals surface area contributed by atoms with E-state index in [0.29, 0.717) is 11.5 Å². The van der Waals surface area contributed by atoms with E-state index in [4.69, 9.17) is 4.42 Å². The monoisotopic (exact) mass is 410 g/mol. The molecule has 3 rings (SSSR count). The molecular weight excluding hydrogens is 388 g/mol. The second-order valence-corrected chi connectivity index (χ2v) is 8.35. The topological polar surface area (TPSA) is 88.4 Å². The van der Waals surface area contributed by atoms with E-state index in [1.807, 2.05) is 32.0 Å². The Hall–Kier alpha value is -3.16. The van der Waals surface area contributed by atoms with E-state index in [-0.39, 0.29) is 17.3 Å². The van der Waals surface area contributed by atoms with Gasteiger partial charge in [-0.3, -0.25) is 4.79 Å². The van der Waals surface area contributed by atoms with Gasteiger partial charge in [0.25, 0.3) is 0 Å². The van der Waals surface area contributed by atoms with Gasteiger partial charge in [-0.2, -0.15) is 0 Å². The lowest BCUT2D eigenvalue weighted by Crippen LogP contribution is -2.22. The zero-order valence-electron chi connectivity index (χ0n) is 16.2. The van der Waals surface area contributed by atoms with Crippen LogP contribution in [0.2, 0.25) is 0 Å². The first-order valence-corrected chi connectivity index (χ1v) is 10.5. The number of benzene rings is 2. The standard InChI is InChI=1S/C22H22N2O4S/c1-16-8-12-21(17(2)14-16)24-22(25)13-11-18-9-10-19(28-18)15-23-29(26,27)20-6-4-3-5-7-20/h3-14,23H,15H2,1-2H3,(H,24,25)/b13-11+. The molecule has 1 aromatic heterocycles. The molecule has 0 atom stereocenters. The van der Waals surface area contributed by atoms with Crippen LogP contribution in [-0.2, 0) is 21.4 Å². The van der Waals surface area contributed by atoms with E-state index in [9.17, 15) is 13.2 Å². The summed E-state index contributed by atoms with van der Waals surface area (Å²) in [5.41, 5.74) is 2.86. The highest BCUT2D eigenvalue weighted by Gasteiger charge is 2.13. The van der Waals surface area contributed by atoms with Crippen LogP contribution in [0.3, 0.4) is 0 Å². The summed E-state index contributed by atoms with van der Waals surface area (Å²) < 4.78 is 32.5. The number of furan rings is 1. The molecular formula is C22H22N2O4S. The van der Waals surface area contributed by atoms with E-state index in [1.165, 1.54) is 24.3 Å². The summed E-state index contributed by atoms with van der Waals surface area (Å²) in [5.74, 6) is 0.619. The van der Waals surface area contributed by atoms with Gasteiger partial charge in [0.05, 0.1) is 11.4 Å². The van der Waals surface area contributed by atoms with Gasteiger partial charge in [0.15, 0.2) is 0 Å². The van der Waals surface area contributed by atoms with Crippen molar-refractivity contribution >= 4 is 27.7 Å². The number of sulfonamides is 1. The summed E-state index contributed by atoms with van der Waals surface area (Å²) in [5, 5.41) is 2.82. The van der Waals surface area contributed by atoms with E-state index < -0.39 is 10.0 Å². The van der Waals surface area contributed by atoms with Gasteiger partial charge in [-0.15, -0.1) is 0 Å². The van der Waals surface area contributed by atoms with Crippen LogP contribution in [-0.4, -0.2) is 14.3 Å². The molecule has 2 N–H and O–H groups in total. The third-order valence-electron chi connectivity index (χ3n) is 4.21. The Labute approximate surface area is 170 Å². The fourth-order valence-corrected chi connectivity index (χ4v) is 3.73. The summed E-state index contributed by atoms with van der Waals surface area (Å²) in [6.07, 6.45) is 2.91. The third-order valence-corrected chi connectivity index (χ3v) is 5.63. The maximum Gasteiger partial charge on any atom is 0.248 e. The highest BCUT2D eigenvalue weighted by Crippen LogP contribution is 2.16. The molecule has 0 saturated heterocycles. The van der Waals surface area contributed by atoms with Crippen LogP contribution in [0.25, 0.3) is 6.08 Å². The van der Waals surface area contributed by atoms with Gasteiger partial charge in [-0.25, -0.2) is 13.1 Å². The first-order chi connectivity index (χ1) is 13.8. The third kappa shape index (κ3) is 5.66. The molecule has 0 aliphatic carbocycles. The predicted molar refractivity (Wildman–Crippen MR) is 113 cm³/mol. The zero-order chi connectivity index (χ0) is 20.9. The van der Waals surface area contributed by atoms with Gasteiger partial charge in [-0.1, -0.05) is 35.9 Å². The average molecular weight is 410 g/mol. The molecule has 0 aliphatic rings. The minimum Gasteiger partial charge on any atom is -0.460 e. The molecule has 0 aliphatic heterocycles. The van der Waals surface area contributed by atoms with E-state index in [2.05, 4.69) is 10.0 Å². The Morgan fingerprint density at radius 1 is 1.03 bits per heavy atom. The molecule has 0 radical (unpaired) electrons. The van der Waals surface area contributed by atoms with Gasteiger partial charge >= 0.3 is 0 Å². The van der Waals surface area contributed by atoms with Gasteiger partial charge in [-0.05, 0) is 55.8 Å². The molecule has 1 amide bonds. The van der Waals surface area contributed by atoms with E-state index >= 15 is 0 Å². The van der Waals surface area contributed by atoms with Crippen LogP contribution >= 0.6 is 0 Å². The number of aryl methyl sites for hydroxylation is 2. The summed E-state index contributed by atoms with van der Waals surface area (Å²) in [7, 11) is -3.61. The van der Waals surface area contributed by atoms with Crippen LogP contribution < -0.4 is 10.0 Å². The fraction of sp³-hybridized carbons (Fsp3) is 0.136. The van der Waals surface area contributed by atoms with Crippen LogP contribution in [0, 0.1) is 13.8 Å². The quantitative estimate of drug-likeness (QED) is 0.576. The van der Waals surface area contributed by atoms with Crippen molar-refractivity contribution in [2.45, 2.75) is 25.3 Å². The van der Waals surface area contributed by atoms with Gasteiger partial charge in [0.1, 0.15) is 11.5 Å². The number of nitrogens with one attached hydrogen (secondary N) is 2. The van der Waals surface area contributed by atoms with Crippen LogP contribution in [0.5, 0.6) is 0 Å². The molecule has 6 nitrogen and oxygen atoms in total. The SMILES string of the molecule is Cc1ccc(NC(=O)/C=C/c2ccc(CNS(=O)(=O)c3ccccc3)o2)c(C)c1. The first kappa shape index (κ1) is 20.6. The lowest BCUT2D eigenvalue weighted by molar-refractivity contribution is -0.111. The van der Waals surface area contributed by atoms with Crippen molar-refractivity contribution in [2.75, 3.05) is 5.32 Å². The molecule has 2 aromatic carbocycles. The lowest BCUT2D eigenvalue weighted by Gasteiger charge is -2.06. The number of anilines is 1. The van der Waals surface area contributed by atoms with E-state index in [1.54, 1.807) is 30.3 Å². The van der Waals surface area contributed by atoms with E-state index in [0.717, 1.165) is 16.8 Å². The molecule has 7 heteroatoms. The fourth-order valence-electron chi connectivity index (χ4n) is 2.71. The molecule has 0 spiro atoms. The summed E-state index contributed by atoms with van der Waals surface area (Å²) >= 11 is 0. The van der Waals surface area contributed by atoms with Crippen molar-refractivity contribution in [3.05, 3.63) is 89.4 Å².